The molecule has 3 heterocycles. The molecule has 0 bridgehead atoms. The molecule has 2 atom stereocenters. The van der Waals surface area contributed by atoms with Crippen LogP contribution in [0.5, 0.6) is 0 Å². The van der Waals surface area contributed by atoms with E-state index < -0.39 is 0 Å². The van der Waals surface area contributed by atoms with Crippen LogP contribution in [0.25, 0.3) is 0 Å². The van der Waals surface area contributed by atoms with Crippen LogP contribution >= 0.6 is 15.9 Å². The van der Waals surface area contributed by atoms with Gasteiger partial charge in [-0.25, -0.2) is 9.97 Å². The van der Waals surface area contributed by atoms with Gasteiger partial charge in [0.1, 0.15) is 0 Å². The van der Waals surface area contributed by atoms with Crippen molar-refractivity contribution >= 4 is 27.8 Å². The van der Waals surface area contributed by atoms with Crippen molar-refractivity contribution in [3.63, 3.8) is 0 Å². The van der Waals surface area contributed by atoms with E-state index in [1.807, 2.05) is 0 Å². The number of halogens is 1. The van der Waals surface area contributed by atoms with Gasteiger partial charge in [0.05, 0.1) is 16.5 Å². The molecule has 114 valence electrons. The maximum Gasteiger partial charge on any atom is 0.225 e. The van der Waals surface area contributed by atoms with Gasteiger partial charge in [0, 0.05) is 32.1 Å². The second-order valence-corrected chi connectivity index (χ2v) is 6.57. The molecule has 0 saturated carbocycles. The van der Waals surface area contributed by atoms with E-state index >= 15 is 0 Å². The van der Waals surface area contributed by atoms with Crippen molar-refractivity contribution in [1.82, 2.24) is 9.97 Å². The summed E-state index contributed by atoms with van der Waals surface area (Å²) in [6.45, 7) is 2.42. The van der Waals surface area contributed by atoms with Crippen molar-refractivity contribution in [3.05, 3.63) is 16.9 Å². The van der Waals surface area contributed by atoms with Crippen molar-refractivity contribution in [2.45, 2.75) is 25.4 Å². The average Bonchev–Trinajstić information content (AvgIpc) is 2.98. The normalized spacial score (nSPS) is 27.0. The first-order valence-corrected chi connectivity index (χ1v) is 8.08. The summed E-state index contributed by atoms with van der Waals surface area (Å²) in [6.07, 6.45) is 6.24. The molecule has 2 N–H and O–H groups in total. The lowest BCUT2D eigenvalue weighted by atomic mass is 9.84. The summed E-state index contributed by atoms with van der Waals surface area (Å²) in [5.74, 6) is 0.814. The maximum atomic E-state index is 11.5. The maximum absolute atomic E-state index is 11.5. The van der Waals surface area contributed by atoms with Gasteiger partial charge < -0.3 is 15.4 Å². The molecule has 2 saturated heterocycles. The molecule has 6 nitrogen and oxygen atoms in total. The van der Waals surface area contributed by atoms with E-state index in [1.54, 1.807) is 12.4 Å². The number of piperidine rings is 1. The van der Waals surface area contributed by atoms with Gasteiger partial charge in [-0.3, -0.25) is 4.79 Å². The lowest BCUT2D eigenvalue weighted by molar-refractivity contribution is -0.124. The minimum Gasteiger partial charge on any atom is -0.377 e. The number of carbonyl (C=O) groups excluding carboxylic acids is 1. The predicted molar refractivity (Wildman–Crippen MR) is 81.7 cm³/mol. The standard InChI is InChI=1S/C14H19BrN4O2/c15-10-7-17-14(18-8-10)19-4-1-9(2-5-19)12-11(13(16)20)3-6-21-12/h7-9,11-12H,1-6H2,(H2,16,20)/t11-,12+/m0/s1. The fraction of sp³-hybridized carbons (Fsp3) is 0.643. The Bertz CT molecular complexity index is 502. The Kier molecular flexibility index (Phi) is 4.40. The minimum absolute atomic E-state index is 0.00418. The topological polar surface area (TPSA) is 81.3 Å². The van der Waals surface area contributed by atoms with Crippen LogP contribution in [0.4, 0.5) is 5.95 Å². The zero-order valence-electron chi connectivity index (χ0n) is 11.7. The monoisotopic (exact) mass is 354 g/mol. The number of rotatable bonds is 3. The van der Waals surface area contributed by atoms with Crippen LogP contribution in [0.2, 0.25) is 0 Å². The highest BCUT2D eigenvalue weighted by Gasteiger charge is 2.39. The first kappa shape index (κ1) is 14.7. The van der Waals surface area contributed by atoms with E-state index in [0.29, 0.717) is 12.5 Å². The van der Waals surface area contributed by atoms with Crippen LogP contribution in [0.1, 0.15) is 19.3 Å². The van der Waals surface area contributed by atoms with Gasteiger partial charge in [0.25, 0.3) is 0 Å². The first-order valence-electron chi connectivity index (χ1n) is 7.28. The zero-order chi connectivity index (χ0) is 14.8. The predicted octanol–water partition coefficient (Wildman–Crippen LogP) is 1.35. The highest BCUT2D eigenvalue weighted by atomic mass is 79.9. The summed E-state index contributed by atoms with van der Waals surface area (Å²) in [5, 5.41) is 0. The largest absolute Gasteiger partial charge is 0.377 e. The van der Waals surface area contributed by atoms with Crippen LogP contribution in [0.3, 0.4) is 0 Å². The fourth-order valence-electron chi connectivity index (χ4n) is 3.28. The summed E-state index contributed by atoms with van der Waals surface area (Å²) >= 11 is 3.34. The average molecular weight is 355 g/mol. The highest BCUT2D eigenvalue weighted by molar-refractivity contribution is 9.10. The van der Waals surface area contributed by atoms with E-state index in [2.05, 4.69) is 30.8 Å². The SMILES string of the molecule is NC(=O)[C@H]1CCO[C@@H]1C1CCN(c2ncc(Br)cn2)CC1. The molecule has 3 rings (SSSR count). The summed E-state index contributed by atoms with van der Waals surface area (Å²) in [4.78, 5) is 22.3. The van der Waals surface area contributed by atoms with Crippen molar-refractivity contribution in [2.24, 2.45) is 17.6 Å². The van der Waals surface area contributed by atoms with Crippen molar-refractivity contribution in [2.75, 3.05) is 24.6 Å². The molecule has 7 heteroatoms. The molecule has 0 aliphatic carbocycles. The number of primary amides is 1. The van der Waals surface area contributed by atoms with E-state index in [1.165, 1.54) is 0 Å². The number of carbonyl (C=O) groups is 1. The van der Waals surface area contributed by atoms with Crippen LogP contribution < -0.4 is 10.6 Å². The first-order chi connectivity index (χ1) is 10.1. The van der Waals surface area contributed by atoms with Crippen molar-refractivity contribution in [3.8, 4) is 0 Å². The molecule has 1 aromatic heterocycles. The molecule has 2 aliphatic heterocycles. The quantitative estimate of drug-likeness (QED) is 0.885. The molecule has 1 amide bonds. The Morgan fingerprint density at radius 1 is 1.29 bits per heavy atom. The highest BCUT2D eigenvalue weighted by Crippen LogP contribution is 2.33. The summed E-state index contributed by atoms with van der Waals surface area (Å²) in [6, 6.07) is 0. The zero-order valence-corrected chi connectivity index (χ0v) is 13.3. The number of hydrogen-bond donors (Lipinski definition) is 1. The Balaban J connectivity index is 1.60. The van der Waals surface area contributed by atoms with Crippen LogP contribution in [0.15, 0.2) is 16.9 Å². The molecular formula is C14H19BrN4O2. The van der Waals surface area contributed by atoms with E-state index in [9.17, 15) is 4.79 Å². The summed E-state index contributed by atoms with van der Waals surface area (Å²) < 4.78 is 6.65. The van der Waals surface area contributed by atoms with E-state index in [-0.39, 0.29) is 17.9 Å². The van der Waals surface area contributed by atoms with Crippen molar-refractivity contribution in [1.29, 1.82) is 0 Å². The third-order valence-corrected chi connectivity index (χ3v) is 4.80. The molecule has 1 aromatic rings. The summed E-state index contributed by atoms with van der Waals surface area (Å²) in [5.41, 5.74) is 5.47. The number of aromatic nitrogens is 2. The number of amides is 1. The van der Waals surface area contributed by atoms with Gasteiger partial charge in [-0.2, -0.15) is 0 Å². The Hall–Kier alpha value is -1.21. The third kappa shape index (κ3) is 3.18. The fourth-order valence-corrected chi connectivity index (χ4v) is 3.48. The number of nitrogens with two attached hydrogens (primary N) is 1. The van der Waals surface area contributed by atoms with E-state index in [0.717, 1.165) is 42.8 Å². The van der Waals surface area contributed by atoms with Gasteiger partial charge in [0.15, 0.2) is 0 Å². The molecule has 0 spiro atoms. The summed E-state index contributed by atoms with van der Waals surface area (Å²) in [7, 11) is 0. The smallest absolute Gasteiger partial charge is 0.225 e. The molecule has 21 heavy (non-hydrogen) atoms. The second kappa shape index (κ2) is 6.27. The molecule has 2 aliphatic rings. The number of nitrogens with zero attached hydrogens (tertiary/aromatic N) is 3. The Morgan fingerprint density at radius 2 is 1.95 bits per heavy atom. The number of anilines is 1. The Labute approximate surface area is 132 Å². The van der Waals surface area contributed by atoms with Gasteiger partial charge in [-0.1, -0.05) is 0 Å². The third-order valence-electron chi connectivity index (χ3n) is 4.39. The Morgan fingerprint density at radius 3 is 2.57 bits per heavy atom. The minimum atomic E-state index is -0.226. The molecular weight excluding hydrogens is 336 g/mol. The van der Waals surface area contributed by atoms with Gasteiger partial charge in [-0.05, 0) is 41.1 Å². The van der Waals surface area contributed by atoms with E-state index in [4.69, 9.17) is 10.5 Å². The van der Waals surface area contributed by atoms with Crippen LogP contribution in [-0.2, 0) is 9.53 Å². The number of hydrogen-bond acceptors (Lipinski definition) is 5. The van der Waals surface area contributed by atoms with Crippen LogP contribution in [0, 0.1) is 11.8 Å². The second-order valence-electron chi connectivity index (χ2n) is 5.66. The lowest BCUT2D eigenvalue weighted by Crippen LogP contribution is -2.42. The molecule has 0 radical (unpaired) electrons. The molecule has 0 unspecified atom stereocenters. The van der Waals surface area contributed by atoms with Gasteiger partial charge in [-0.15, -0.1) is 0 Å². The number of ether oxygens (including phenoxy) is 1. The molecule has 2 fully saturated rings. The lowest BCUT2D eigenvalue weighted by Gasteiger charge is -2.35. The van der Waals surface area contributed by atoms with Crippen LogP contribution in [-0.4, -0.2) is 41.7 Å². The van der Waals surface area contributed by atoms with Gasteiger partial charge >= 0.3 is 0 Å². The molecule has 0 aromatic carbocycles. The van der Waals surface area contributed by atoms with Gasteiger partial charge in [0.2, 0.25) is 11.9 Å². The van der Waals surface area contributed by atoms with Crippen molar-refractivity contribution < 1.29 is 9.53 Å².